The van der Waals surface area contributed by atoms with Crippen LogP contribution in [0.15, 0.2) is 65.3 Å². The zero-order valence-corrected chi connectivity index (χ0v) is 20.3. The lowest BCUT2D eigenvalue weighted by Gasteiger charge is -2.33. The Morgan fingerprint density at radius 2 is 1.78 bits per heavy atom. The van der Waals surface area contributed by atoms with Crippen LogP contribution in [0, 0.1) is 12.7 Å². The first-order valence-corrected chi connectivity index (χ1v) is 11.2. The molecule has 0 aliphatic rings. The highest BCUT2D eigenvalue weighted by Gasteiger charge is 2.35. The van der Waals surface area contributed by atoms with E-state index in [1.54, 1.807) is 31.2 Å². The van der Waals surface area contributed by atoms with Crippen LogP contribution in [0.4, 0.5) is 10.1 Å². The number of carbonyl (C=O) groups excluding carboxylic acids is 2. The first-order valence-electron chi connectivity index (χ1n) is 11.2. The topological polar surface area (TPSA) is 119 Å². The number of tetrazole rings is 1. The lowest BCUT2D eigenvalue weighted by Crippen LogP contribution is -2.50. The van der Waals surface area contributed by atoms with Crippen LogP contribution < -0.4 is 10.2 Å². The van der Waals surface area contributed by atoms with Crippen LogP contribution in [0.25, 0.3) is 11.6 Å². The van der Waals surface area contributed by atoms with E-state index in [0.717, 1.165) is 4.80 Å². The van der Waals surface area contributed by atoms with E-state index in [1.165, 1.54) is 41.6 Å². The molecule has 3 aromatic heterocycles. The monoisotopic (exact) mass is 491 g/mol. The molecule has 3 heterocycles. The molecule has 0 saturated carbocycles. The predicted octanol–water partition coefficient (Wildman–Crippen LogP) is 3.46. The summed E-state index contributed by atoms with van der Waals surface area (Å²) in [4.78, 5) is 33.7. The molecule has 0 aliphatic carbocycles. The third-order valence-corrected chi connectivity index (χ3v) is 5.09. The Morgan fingerprint density at radius 1 is 1.08 bits per heavy atom. The maximum Gasteiger partial charge on any atom is 0.251 e. The number of pyridine rings is 1. The van der Waals surface area contributed by atoms with Crippen LogP contribution in [0.5, 0.6) is 0 Å². The van der Waals surface area contributed by atoms with Crippen molar-refractivity contribution in [3.63, 3.8) is 0 Å². The number of carbonyl (C=O) groups is 2. The smallest absolute Gasteiger partial charge is 0.251 e. The van der Waals surface area contributed by atoms with Gasteiger partial charge in [-0.05, 0) is 87.0 Å². The maximum absolute atomic E-state index is 13.7. The molecular weight excluding hydrogens is 465 g/mol. The standard InChI is InChI=1S/C25H26FN7O3/c1-16-5-10-20(36-16)23-29-31-32(30-23)15-21(34)33(19-8-6-18(26)7-9-19)22(17-11-13-27-14-12-17)24(35)28-25(2,3)4/h5-14,22H,15H2,1-4H3,(H,28,35)/t22-/m1/s1. The molecule has 0 spiro atoms. The lowest BCUT2D eigenvalue weighted by molar-refractivity contribution is -0.128. The Hall–Kier alpha value is -4.41. The number of aryl methyl sites for hydroxylation is 1. The molecule has 186 valence electrons. The van der Waals surface area contributed by atoms with E-state index in [2.05, 4.69) is 25.7 Å². The van der Waals surface area contributed by atoms with E-state index in [9.17, 15) is 14.0 Å². The van der Waals surface area contributed by atoms with Gasteiger partial charge in [-0.25, -0.2) is 4.39 Å². The van der Waals surface area contributed by atoms with Gasteiger partial charge in [0.05, 0.1) is 0 Å². The molecule has 36 heavy (non-hydrogen) atoms. The van der Waals surface area contributed by atoms with E-state index in [4.69, 9.17) is 4.42 Å². The number of nitrogens with zero attached hydrogens (tertiary/aromatic N) is 6. The van der Waals surface area contributed by atoms with Crippen LogP contribution in [-0.4, -0.2) is 42.5 Å². The summed E-state index contributed by atoms with van der Waals surface area (Å²) >= 11 is 0. The van der Waals surface area contributed by atoms with Crippen molar-refractivity contribution in [2.45, 2.75) is 45.8 Å². The minimum absolute atomic E-state index is 0.223. The minimum atomic E-state index is -1.07. The Labute approximate surface area is 207 Å². The third kappa shape index (κ3) is 5.80. The second-order valence-corrected chi connectivity index (χ2v) is 9.22. The molecule has 10 nitrogen and oxygen atoms in total. The summed E-state index contributed by atoms with van der Waals surface area (Å²) in [6.07, 6.45) is 3.08. The number of aromatic nitrogens is 5. The van der Waals surface area contributed by atoms with Crippen molar-refractivity contribution in [1.29, 1.82) is 0 Å². The highest BCUT2D eigenvalue weighted by molar-refractivity contribution is 6.01. The van der Waals surface area contributed by atoms with Gasteiger partial charge >= 0.3 is 0 Å². The van der Waals surface area contributed by atoms with Crippen molar-refractivity contribution < 1.29 is 18.4 Å². The van der Waals surface area contributed by atoms with E-state index in [1.807, 2.05) is 20.8 Å². The number of halogens is 1. The Kier molecular flexibility index (Phi) is 6.91. The summed E-state index contributed by atoms with van der Waals surface area (Å²) in [6.45, 7) is 7.00. The molecule has 0 fully saturated rings. The second-order valence-electron chi connectivity index (χ2n) is 9.22. The fourth-order valence-electron chi connectivity index (χ4n) is 3.60. The molecule has 4 aromatic rings. The van der Waals surface area contributed by atoms with E-state index < -0.39 is 29.2 Å². The molecule has 0 unspecified atom stereocenters. The number of rotatable bonds is 7. The van der Waals surface area contributed by atoms with Crippen molar-refractivity contribution in [1.82, 2.24) is 30.5 Å². The Balaban J connectivity index is 1.72. The van der Waals surface area contributed by atoms with Crippen molar-refractivity contribution in [3.8, 4) is 11.6 Å². The van der Waals surface area contributed by atoms with Gasteiger partial charge in [0.1, 0.15) is 24.2 Å². The molecule has 4 rings (SSSR count). The number of benzene rings is 1. The highest BCUT2D eigenvalue weighted by atomic mass is 19.1. The normalized spacial score (nSPS) is 12.2. The minimum Gasteiger partial charge on any atom is -0.458 e. The largest absolute Gasteiger partial charge is 0.458 e. The fourth-order valence-corrected chi connectivity index (χ4v) is 3.60. The third-order valence-electron chi connectivity index (χ3n) is 5.09. The summed E-state index contributed by atoms with van der Waals surface area (Å²) in [5, 5.41) is 15.1. The summed E-state index contributed by atoms with van der Waals surface area (Å²) < 4.78 is 19.3. The van der Waals surface area contributed by atoms with Gasteiger partial charge in [0.15, 0.2) is 5.76 Å². The molecule has 0 aliphatic heterocycles. The zero-order valence-electron chi connectivity index (χ0n) is 20.3. The van der Waals surface area contributed by atoms with Crippen LogP contribution >= 0.6 is 0 Å². The average Bonchev–Trinajstić information content (AvgIpc) is 3.46. The molecule has 0 radical (unpaired) electrons. The molecule has 0 saturated heterocycles. The number of amides is 2. The number of anilines is 1. The highest BCUT2D eigenvalue weighted by Crippen LogP contribution is 2.29. The van der Waals surface area contributed by atoms with Crippen molar-refractivity contribution in [3.05, 3.63) is 78.1 Å². The predicted molar refractivity (Wildman–Crippen MR) is 129 cm³/mol. The number of nitrogens with one attached hydrogen (secondary N) is 1. The van der Waals surface area contributed by atoms with Crippen LogP contribution in [0.1, 0.15) is 38.1 Å². The van der Waals surface area contributed by atoms with Gasteiger partial charge in [-0.15, -0.1) is 10.2 Å². The quantitative estimate of drug-likeness (QED) is 0.420. The zero-order chi connectivity index (χ0) is 25.9. The van der Waals surface area contributed by atoms with Gasteiger partial charge in [-0.3, -0.25) is 19.5 Å². The van der Waals surface area contributed by atoms with Gasteiger partial charge < -0.3 is 9.73 Å². The summed E-state index contributed by atoms with van der Waals surface area (Å²) in [6, 6.07) is 11.1. The van der Waals surface area contributed by atoms with Crippen LogP contribution in [0.2, 0.25) is 0 Å². The number of hydrogen-bond donors (Lipinski definition) is 1. The van der Waals surface area contributed by atoms with Crippen molar-refractivity contribution in [2.24, 2.45) is 0 Å². The summed E-state index contributed by atoms with van der Waals surface area (Å²) in [7, 11) is 0. The van der Waals surface area contributed by atoms with E-state index in [0.29, 0.717) is 22.8 Å². The van der Waals surface area contributed by atoms with Crippen molar-refractivity contribution in [2.75, 3.05) is 4.90 Å². The molecule has 2 amide bonds. The first kappa shape index (κ1) is 24.7. The molecule has 11 heteroatoms. The maximum atomic E-state index is 13.7. The SMILES string of the molecule is Cc1ccc(-c2nnn(CC(=O)N(c3ccc(F)cc3)[C@@H](C(=O)NC(C)(C)C)c3ccncc3)n2)o1. The van der Waals surface area contributed by atoms with E-state index in [-0.39, 0.29) is 12.4 Å². The van der Waals surface area contributed by atoms with Crippen molar-refractivity contribution >= 4 is 17.5 Å². The van der Waals surface area contributed by atoms with Crippen LogP contribution in [-0.2, 0) is 16.1 Å². The fraction of sp³-hybridized carbons (Fsp3) is 0.280. The van der Waals surface area contributed by atoms with E-state index >= 15 is 0 Å². The summed E-state index contributed by atoms with van der Waals surface area (Å²) in [5.74, 6) is -0.0648. The Morgan fingerprint density at radius 3 is 2.39 bits per heavy atom. The van der Waals surface area contributed by atoms with Crippen LogP contribution in [0.3, 0.4) is 0 Å². The lowest BCUT2D eigenvalue weighted by atomic mass is 10.0. The Bertz CT molecular complexity index is 1340. The average molecular weight is 492 g/mol. The van der Waals surface area contributed by atoms with Gasteiger partial charge in [-0.1, -0.05) is 0 Å². The van der Waals surface area contributed by atoms with Gasteiger partial charge in [0.2, 0.25) is 11.7 Å². The molecular formula is C25H26FN7O3. The molecule has 1 aromatic carbocycles. The first-order chi connectivity index (χ1) is 17.1. The summed E-state index contributed by atoms with van der Waals surface area (Å²) in [5.41, 5.74) is 0.292. The van der Waals surface area contributed by atoms with Gasteiger partial charge in [-0.2, -0.15) is 4.80 Å². The molecule has 1 N–H and O–H groups in total. The van der Waals surface area contributed by atoms with Gasteiger partial charge in [0, 0.05) is 23.6 Å². The molecule has 1 atom stereocenters. The second kappa shape index (κ2) is 10.1. The molecule has 0 bridgehead atoms. The van der Waals surface area contributed by atoms with Gasteiger partial charge in [0.25, 0.3) is 5.91 Å². The number of hydrogen-bond acceptors (Lipinski definition) is 7. The number of furan rings is 1.